The summed E-state index contributed by atoms with van der Waals surface area (Å²) in [5.74, 6) is 0.789. The van der Waals surface area contributed by atoms with Gasteiger partial charge in [0.05, 0.1) is 11.4 Å². The predicted molar refractivity (Wildman–Crippen MR) is 106 cm³/mol. The Morgan fingerprint density at radius 2 is 2.35 bits per heavy atom. The van der Waals surface area contributed by atoms with Gasteiger partial charge in [0.15, 0.2) is 0 Å². The second-order valence-corrected chi connectivity index (χ2v) is 9.76. The first-order valence-corrected chi connectivity index (χ1v) is 11.1. The summed E-state index contributed by atoms with van der Waals surface area (Å²) in [4.78, 5) is 24.0. The van der Waals surface area contributed by atoms with Gasteiger partial charge in [0.25, 0.3) is 0 Å². The zero-order valence-electron chi connectivity index (χ0n) is 15.3. The van der Waals surface area contributed by atoms with Crippen molar-refractivity contribution in [1.29, 1.82) is 0 Å². The molecule has 0 unspecified atom stereocenters. The molecule has 7 heteroatoms. The van der Waals surface area contributed by atoms with Gasteiger partial charge in [-0.25, -0.2) is 9.97 Å². The molecule has 0 saturated carbocycles. The van der Waals surface area contributed by atoms with Crippen molar-refractivity contribution < 1.29 is 9.53 Å². The van der Waals surface area contributed by atoms with Crippen molar-refractivity contribution >= 4 is 39.2 Å². The highest BCUT2D eigenvalue weighted by Gasteiger charge is 2.25. The third-order valence-corrected chi connectivity index (χ3v) is 7.51. The minimum absolute atomic E-state index is 0.0509. The van der Waals surface area contributed by atoms with Crippen molar-refractivity contribution in [3.8, 4) is 0 Å². The Labute approximate surface area is 162 Å². The minimum atomic E-state index is -0.187. The molecule has 1 aliphatic heterocycles. The van der Waals surface area contributed by atoms with Crippen LogP contribution >= 0.6 is 23.1 Å². The number of ether oxygens (including phenoxy) is 1. The summed E-state index contributed by atoms with van der Waals surface area (Å²) >= 11 is 3.34. The third-order valence-electron chi connectivity index (χ3n) is 5.24. The van der Waals surface area contributed by atoms with Gasteiger partial charge in [-0.15, -0.1) is 11.3 Å². The summed E-state index contributed by atoms with van der Waals surface area (Å²) in [5, 5.41) is 4.97. The van der Waals surface area contributed by atoms with Crippen molar-refractivity contribution in [3.05, 3.63) is 16.8 Å². The number of fused-ring (bicyclic) bond motifs is 3. The topological polar surface area (TPSA) is 64.1 Å². The summed E-state index contributed by atoms with van der Waals surface area (Å²) < 4.78 is 5.58. The molecule has 2 aromatic heterocycles. The fraction of sp³-hybridized carbons (Fsp3) is 0.632. The molecule has 1 aliphatic carbocycles. The molecule has 0 radical (unpaired) electrons. The van der Waals surface area contributed by atoms with Crippen LogP contribution < -0.4 is 5.32 Å². The molecule has 4 rings (SSSR count). The van der Waals surface area contributed by atoms with E-state index in [1.54, 1.807) is 29.4 Å². The quantitative estimate of drug-likeness (QED) is 0.623. The lowest BCUT2D eigenvalue weighted by Gasteiger charge is -2.18. The van der Waals surface area contributed by atoms with E-state index in [4.69, 9.17) is 4.74 Å². The van der Waals surface area contributed by atoms with Crippen LogP contribution in [0.1, 0.15) is 43.6 Å². The number of aryl methyl sites for hydroxylation is 1. The van der Waals surface area contributed by atoms with Gasteiger partial charge in [0.1, 0.15) is 16.2 Å². The predicted octanol–water partition coefficient (Wildman–Crippen LogP) is 3.59. The summed E-state index contributed by atoms with van der Waals surface area (Å²) in [7, 11) is 0. The third kappa shape index (κ3) is 3.75. The molecule has 3 atom stereocenters. The number of nitrogens with one attached hydrogen (secondary N) is 1. The maximum atomic E-state index is 12.5. The van der Waals surface area contributed by atoms with Crippen molar-refractivity contribution in [1.82, 2.24) is 15.3 Å². The van der Waals surface area contributed by atoms with Crippen molar-refractivity contribution in [3.63, 3.8) is 0 Å². The zero-order chi connectivity index (χ0) is 18.1. The van der Waals surface area contributed by atoms with Gasteiger partial charge in [0.2, 0.25) is 5.91 Å². The van der Waals surface area contributed by atoms with E-state index in [1.165, 1.54) is 22.2 Å². The number of hydrogen-bond acceptors (Lipinski definition) is 6. The SMILES string of the molecule is C[C@@H]1CCc2c(sc3ncnc(S[C@H](C)C(=O)NC[C@H]4CCCO4)c23)C1. The van der Waals surface area contributed by atoms with Crippen molar-refractivity contribution in [2.75, 3.05) is 13.2 Å². The molecule has 0 spiro atoms. The molecule has 1 saturated heterocycles. The minimum Gasteiger partial charge on any atom is -0.376 e. The van der Waals surface area contributed by atoms with Gasteiger partial charge in [-0.05, 0) is 50.5 Å². The van der Waals surface area contributed by atoms with Crippen LogP contribution in [-0.2, 0) is 22.4 Å². The molecule has 3 heterocycles. The smallest absolute Gasteiger partial charge is 0.233 e. The molecule has 0 bridgehead atoms. The summed E-state index contributed by atoms with van der Waals surface area (Å²) in [6.07, 6.45) is 7.38. The van der Waals surface area contributed by atoms with Crippen LogP contribution in [-0.4, -0.2) is 40.4 Å². The van der Waals surface area contributed by atoms with Crippen LogP contribution in [0.4, 0.5) is 0 Å². The first-order valence-electron chi connectivity index (χ1n) is 9.43. The van der Waals surface area contributed by atoms with E-state index in [2.05, 4.69) is 22.2 Å². The number of carbonyl (C=O) groups excluding carboxylic acids is 1. The molecule has 26 heavy (non-hydrogen) atoms. The monoisotopic (exact) mass is 391 g/mol. The Kier molecular flexibility index (Phi) is 5.47. The van der Waals surface area contributed by atoms with Gasteiger partial charge >= 0.3 is 0 Å². The highest BCUT2D eigenvalue weighted by Crippen LogP contribution is 2.41. The normalized spacial score (nSPS) is 23.8. The molecular weight excluding hydrogens is 366 g/mol. The number of thioether (sulfide) groups is 1. The second kappa shape index (κ2) is 7.82. The van der Waals surface area contributed by atoms with Crippen molar-refractivity contribution in [2.45, 2.75) is 62.3 Å². The number of hydrogen-bond donors (Lipinski definition) is 1. The number of carbonyl (C=O) groups is 1. The van der Waals surface area contributed by atoms with Gasteiger partial charge in [-0.1, -0.05) is 18.7 Å². The van der Waals surface area contributed by atoms with Crippen LogP contribution in [0.5, 0.6) is 0 Å². The van der Waals surface area contributed by atoms with Gasteiger partial charge in [0, 0.05) is 23.4 Å². The Morgan fingerprint density at radius 1 is 1.46 bits per heavy atom. The maximum Gasteiger partial charge on any atom is 0.233 e. The second-order valence-electron chi connectivity index (χ2n) is 7.35. The lowest BCUT2D eigenvalue weighted by atomic mass is 9.89. The Hall–Kier alpha value is -1.18. The van der Waals surface area contributed by atoms with E-state index < -0.39 is 0 Å². The molecule has 2 aliphatic rings. The van der Waals surface area contributed by atoms with Crippen molar-refractivity contribution in [2.24, 2.45) is 5.92 Å². The fourth-order valence-electron chi connectivity index (χ4n) is 3.72. The summed E-state index contributed by atoms with van der Waals surface area (Å²) in [5.41, 5.74) is 1.41. The molecule has 1 amide bonds. The number of aromatic nitrogens is 2. The van der Waals surface area contributed by atoms with E-state index in [9.17, 15) is 4.79 Å². The van der Waals surface area contributed by atoms with Crippen LogP contribution in [0.25, 0.3) is 10.2 Å². The maximum absolute atomic E-state index is 12.5. The Bertz CT molecular complexity index is 801. The molecule has 2 aromatic rings. The van der Waals surface area contributed by atoms with E-state index in [1.807, 2.05) is 6.92 Å². The highest BCUT2D eigenvalue weighted by molar-refractivity contribution is 8.00. The number of nitrogens with zero attached hydrogens (tertiary/aromatic N) is 2. The molecule has 5 nitrogen and oxygen atoms in total. The Balaban J connectivity index is 1.48. The standard InChI is InChI=1S/C19H25N3O2S2/c1-11-5-6-14-15(8-11)26-19-16(14)18(21-10-22-19)25-12(2)17(23)20-9-13-4-3-7-24-13/h10-13H,3-9H2,1-2H3,(H,20,23)/t11-,12-,13-/m1/s1. The Morgan fingerprint density at radius 3 is 3.15 bits per heavy atom. The molecule has 140 valence electrons. The largest absolute Gasteiger partial charge is 0.376 e. The molecular formula is C19H25N3O2S2. The van der Waals surface area contributed by atoms with E-state index in [0.29, 0.717) is 6.54 Å². The molecule has 1 N–H and O–H groups in total. The van der Waals surface area contributed by atoms with Crippen LogP contribution in [0.2, 0.25) is 0 Å². The van der Waals surface area contributed by atoms with E-state index in [0.717, 1.165) is 48.1 Å². The lowest BCUT2D eigenvalue weighted by Crippen LogP contribution is -2.36. The van der Waals surface area contributed by atoms with Gasteiger partial charge in [-0.3, -0.25) is 4.79 Å². The number of amides is 1. The number of rotatable bonds is 5. The van der Waals surface area contributed by atoms with E-state index in [-0.39, 0.29) is 17.3 Å². The average molecular weight is 392 g/mol. The first kappa shape index (κ1) is 18.2. The average Bonchev–Trinajstić information content (AvgIpc) is 3.26. The van der Waals surface area contributed by atoms with Gasteiger partial charge < -0.3 is 10.1 Å². The summed E-state index contributed by atoms with van der Waals surface area (Å²) in [6.45, 7) is 5.68. The van der Waals surface area contributed by atoms with Crippen LogP contribution in [0.3, 0.4) is 0 Å². The highest BCUT2D eigenvalue weighted by atomic mass is 32.2. The lowest BCUT2D eigenvalue weighted by molar-refractivity contribution is -0.120. The molecule has 1 fully saturated rings. The fourth-order valence-corrected chi connectivity index (χ4v) is 6.11. The van der Waals surface area contributed by atoms with Crippen LogP contribution in [0, 0.1) is 5.92 Å². The summed E-state index contributed by atoms with van der Waals surface area (Å²) in [6, 6.07) is 0. The number of thiophene rings is 1. The van der Waals surface area contributed by atoms with Gasteiger partial charge in [-0.2, -0.15) is 0 Å². The first-order chi connectivity index (χ1) is 12.6. The molecule has 0 aromatic carbocycles. The van der Waals surface area contributed by atoms with Crippen LogP contribution in [0.15, 0.2) is 11.4 Å². The zero-order valence-corrected chi connectivity index (χ0v) is 16.9. The van der Waals surface area contributed by atoms with E-state index >= 15 is 0 Å².